The summed E-state index contributed by atoms with van der Waals surface area (Å²) in [6, 6.07) is 19.0. The van der Waals surface area contributed by atoms with Crippen molar-refractivity contribution in [2.24, 2.45) is 0 Å². The molecule has 3 N–H and O–H groups in total. The van der Waals surface area contributed by atoms with Gasteiger partial charge < -0.3 is 30.1 Å². The molecule has 4 amide bonds. The van der Waals surface area contributed by atoms with Gasteiger partial charge in [-0.2, -0.15) is 0 Å². The second-order valence-electron chi connectivity index (χ2n) is 11.5. The molecule has 0 radical (unpaired) electrons. The van der Waals surface area contributed by atoms with Crippen LogP contribution in [0.1, 0.15) is 28.9 Å². The molecule has 0 aliphatic carbocycles. The number of nitrogens with zero attached hydrogens (tertiary/aromatic N) is 3. The van der Waals surface area contributed by atoms with E-state index >= 15 is 0 Å². The number of benzene rings is 3. The van der Waals surface area contributed by atoms with E-state index in [9.17, 15) is 33.5 Å². The number of carbonyl (C=O) groups is 5. The molecule has 0 unspecified atom stereocenters. The number of aliphatic hydroxyl groups is 1. The average Bonchev–Trinajstić information content (AvgIpc) is 3.41. The highest BCUT2D eigenvalue weighted by Crippen LogP contribution is 2.34. The van der Waals surface area contributed by atoms with Crippen LogP contribution in [0.2, 0.25) is 0 Å². The van der Waals surface area contributed by atoms with Crippen LogP contribution in [0.25, 0.3) is 10.8 Å². The fraction of sp³-hybridized carbons (Fsp3) is 0.257. The topological polar surface area (TPSA) is 167 Å². The predicted octanol–water partition coefficient (Wildman–Crippen LogP) is 2.21. The van der Waals surface area contributed by atoms with Gasteiger partial charge in [0.05, 0.1) is 44.0 Å². The second kappa shape index (κ2) is 14.6. The van der Waals surface area contributed by atoms with Crippen molar-refractivity contribution in [3.8, 4) is 0 Å². The van der Waals surface area contributed by atoms with E-state index in [1.54, 1.807) is 30.3 Å². The van der Waals surface area contributed by atoms with Gasteiger partial charge in [0.1, 0.15) is 30.1 Å². The minimum atomic E-state index is -1.42. The molecule has 2 aliphatic rings. The normalized spacial score (nSPS) is 18.9. The number of nitrogens with one attached hydrogen (secondary N) is 2. The van der Waals surface area contributed by atoms with Crippen molar-refractivity contribution in [2.45, 2.75) is 37.8 Å². The number of amides is 4. The molecule has 1 aromatic heterocycles. The van der Waals surface area contributed by atoms with E-state index in [4.69, 9.17) is 9.47 Å². The van der Waals surface area contributed by atoms with Gasteiger partial charge in [-0.1, -0.05) is 54.6 Å². The lowest BCUT2D eigenvalue weighted by molar-refractivity contribution is -0.168. The molecule has 3 aromatic carbocycles. The van der Waals surface area contributed by atoms with Crippen molar-refractivity contribution in [1.29, 1.82) is 0 Å². The maximum atomic E-state index is 14.7. The predicted molar refractivity (Wildman–Crippen MR) is 173 cm³/mol. The molecular weight excluding hydrogens is 637 g/mol. The van der Waals surface area contributed by atoms with Gasteiger partial charge in [0.15, 0.2) is 0 Å². The molecule has 3 atom stereocenters. The highest BCUT2D eigenvalue weighted by molar-refractivity contribution is 6.12. The van der Waals surface area contributed by atoms with Crippen LogP contribution in [0, 0.1) is 5.82 Å². The molecule has 49 heavy (non-hydrogen) atoms. The molecule has 0 spiro atoms. The SMILES string of the molecule is O=C(CN1C(=O)[C@@H](NC(=O)c2nccc3ccccc23)CN(C(=O)CCO)c2cc(F)ccc21)N[C@H]1CC(=O)O[C@H]1OCc1ccccc1. The van der Waals surface area contributed by atoms with E-state index in [-0.39, 0.29) is 36.5 Å². The van der Waals surface area contributed by atoms with Gasteiger partial charge in [0, 0.05) is 11.6 Å². The first-order valence-corrected chi connectivity index (χ1v) is 15.5. The summed E-state index contributed by atoms with van der Waals surface area (Å²) in [6.45, 7) is -1.47. The Kier molecular flexibility index (Phi) is 9.87. The number of pyridine rings is 1. The molecule has 1 fully saturated rings. The lowest BCUT2D eigenvalue weighted by atomic mass is 10.1. The van der Waals surface area contributed by atoms with Crippen LogP contribution in [-0.2, 0) is 35.3 Å². The average molecular weight is 670 g/mol. The van der Waals surface area contributed by atoms with E-state index < -0.39 is 73.5 Å². The molecule has 14 heteroatoms. The number of cyclic esters (lactones) is 1. The number of aliphatic hydroxyl groups excluding tert-OH is 1. The number of rotatable bonds is 10. The number of hydrogen-bond acceptors (Lipinski definition) is 9. The molecule has 4 aromatic rings. The Balaban J connectivity index is 1.28. The van der Waals surface area contributed by atoms with E-state index in [0.29, 0.717) is 5.39 Å². The Morgan fingerprint density at radius 1 is 0.980 bits per heavy atom. The Morgan fingerprint density at radius 2 is 1.76 bits per heavy atom. The zero-order valence-electron chi connectivity index (χ0n) is 26.1. The first-order valence-electron chi connectivity index (χ1n) is 15.5. The van der Waals surface area contributed by atoms with E-state index in [2.05, 4.69) is 15.6 Å². The smallest absolute Gasteiger partial charge is 0.310 e. The zero-order valence-corrected chi connectivity index (χ0v) is 26.1. The summed E-state index contributed by atoms with van der Waals surface area (Å²) in [6.07, 6.45) is -0.172. The third kappa shape index (κ3) is 7.40. The molecule has 2 aliphatic heterocycles. The van der Waals surface area contributed by atoms with Crippen molar-refractivity contribution in [1.82, 2.24) is 15.6 Å². The van der Waals surface area contributed by atoms with Crippen LogP contribution in [0.4, 0.5) is 15.8 Å². The van der Waals surface area contributed by atoms with Crippen molar-refractivity contribution >= 4 is 51.7 Å². The maximum Gasteiger partial charge on any atom is 0.310 e. The minimum absolute atomic E-state index is 0.0171. The van der Waals surface area contributed by atoms with E-state index in [1.165, 1.54) is 12.3 Å². The Labute approximate surface area is 279 Å². The highest BCUT2D eigenvalue weighted by Gasteiger charge is 2.40. The Morgan fingerprint density at radius 3 is 2.55 bits per heavy atom. The summed E-state index contributed by atoms with van der Waals surface area (Å²) >= 11 is 0. The van der Waals surface area contributed by atoms with Crippen molar-refractivity contribution in [3.05, 3.63) is 102 Å². The molecular formula is C35H32FN5O8. The van der Waals surface area contributed by atoms with Crippen LogP contribution in [0.15, 0.2) is 85.1 Å². The first-order chi connectivity index (χ1) is 23.7. The van der Waals surface area contributed by atoms with E-state index in [0.717, 1.165) is 32.9 Å². The number of halogens is 1. The Hall–Kier alpha value is -5.73. The summed E-state index contributed by atoms with van der Waals surface area (Å²) in [5, 5.41) is 16.1. The Bertz CT molecular complexity index is 1900. The fourth-order valence-corrected chi connectivity index (χ4v) is 5.82. The van der Waals surface area contributed by atoms with E-state index in [1.807, 2.05) is 30.3 Å². The van der Waals surface area contributed by atoms with Gasteiger partial charge >= 0.3 is 5.97 Å². The molecule has 13 nitrogen and oxygen atoms in total. The summed E-state index contributed by atoms with van der Waals surface area (Å²) in [4.78, 5) is 73.2. The van der Waals surface area contributed by atoms with Crippen molar-refractivity contribution in [2.75, 3.05) is 29.5 Å². The molecule has 6 rings (SSSR count). The summed E-state index contributed by atoms with van der Waals surface area (Å²) < 4.78 is 25.7. The largest absolute Gasteiger partial charge is 0.433 e. The lowest BCUT2D eigenvalue weighted by Gasteiger charge is -2.26. The van der Waals surface area contributed by atoms with Gasteiger partial charge in [-0.15, -0.1) is 0 Å². The number of hydrogen-bond donors (Lipinski definition) is 3. The monoisotopic (exact) mass is 669 g/mol. The number of esters is 1. The van der Waals surface area contributed by atoms with Crippen LogP contribution in [-0.4, -0.2) is 77.8 Å². The van der Waals surface area contributed by atoms with Gasteiger partial charge in [0.2, 0.25) is 18.1 Å². The third-order valence-electron chi connectivity index (χ3n) is 8.14. The molecule has 1 saturated heterocycles. The number of aromatic nitrogens is 1. The maximum absolute atomic E-state index is 14.7. The van der Waals surface area contributed by atoms with Gasteiger partial charge in [-0.25, -0.2) is 4.39 Å². The van der Waals surface area contributed by atoms with Crippen molar-refractivity contribution in [3.63, 3.8) is 0 Å². The van der Waals surface area contributed by atoms with Crippen LogP contribution < -0.4 is 20.4 Å². The van der Waals surface area contributed by atoms with Gasteiger partial charge in [-0.3, -0.25) is 33.9 Å². The number of carbonyl (C=O) groups excluding carboxylic acids is 5. The van der Waals surface area contributed by atoms with Crippen molar-refractivity contribution < 1.29 is 42.9 Å². The summed E-state index contributed by atoms with van der Waals surface area (Å²) in [5.74, 6) is -4.15. The lowest BCUT2D eigenvalue weighted by Crippen LogP contribution is -2.55. The van der Waals surface area contributed by atoms with Crippen LogP contribution >= 0.6 is 0 Å². The van der Waals surface area contributed by atoms with Gasteiger partial charge in [-0.05, 0) is 35.2 Å². The van der Waals surface area contributed by atoms with Crippen LogP contribution in [0.3, 0.4) is 0 Å². The third-order valence-corrected chi connectivity index (χ3v) is 8.14. The molecule has 3 heterocycles. The first kappa shape index (κ1) is 33.2. The standard InChI is InChI=1S/C35H32FN5O8/c36-23-10-11-27-28(16-23)40(30(44)13-15-42)18-26(39-33(46)32-24-9-5-4-8-22(24)12-14-37-32)34(47)41(27)19-29(43)38-25-17-31(45)49-35(25)48-20-21-6-2-1-3-7-21/h1-12,14,16,25-26,35,42H,13,15,17-20H2,(H,38,43)(H,39,46)/t25-,26-,35+/m0/s1. The van der Waals surface area contributed by atoms with Crippen LogP contribution in [0.5, 0.6) is 0 Å². The highest BCUT2D eigenvalue weighted by atomic mass is 19.1. The molecule has 0 saturated carbocycles. The molecule has 252 valence electrons. The number of ether oxygens (including phenoxy) is 2. The molecule has 0 bridgehead atoms. The quantitative estimate of drug-likeness (QED) is 0.215. The second-order valence-corrected chi connectivity index (χ2v) is 11.5. The summed E-state index contributed by atoms with van der Waals surface area (Å²) in [5.41, 5.74) is 0.830. The zero-order chi connectivity index (χ0) is 34.5. The fourth-order valence-electron chi connectivity index (χ4n) is 5.82. The summed E-state index contributed by atoms with van der Waals surface area (Å²) in [7, 11) is 0. The number of fused-ring (bicyclic) bond motifs is 2. The van der Waals surface area contributed by atoms with Gasteiger partial charge in [0.25, 0.3) is 11.8 Å². The number of anilines is 2. The minimum Gasteiger partial charge on any atom is -0.433 e.